The van der Waals surface area contributed by atoms with Crippen LogP contribution in [0.15, 0.2) is 17.8 Å². The Hall–Kier alpha value is -1.56. The van der Waals surface area contributed by atoms with Crippen LogP contribution < -0.4 is 5.32 Å². The zero-order valence-electron chi connectivity index (χ0n) is 11.0. The van der Waals surface area contributed by atoms with Crippen molar-refractivity contribution in [2.75, 3.05) is 5.32 Å². The van der Waals surface area contributed by atoms with E-state index in [1.807, 2.05) is 0 Å². The monoisotopic (exact) mass is 349 g/mol. The number of halogens is 3. The number of aromatic carboxylic acids is 1. The van der Waals surface area contributed by atoms with Gasteiger partial charge in [0.2, 0.25) is 0 Å². The zero-order valence-corrected chi connectivity index (χ0v) is 13.2. The number of rotatable bonds is 5. The van der Waals surface area contributed by atoms with E-state index in [0.717, 1.165) is 6.20 Å². The first-order chi connectivity index (χ1) is 9.66. The molecule has 0 aliphatic heterocycles. The summed E-state index contributed by atoms with van der Waals surface area (Å²) >= 11 is 17.5. The van der Waals surface area contributed by atoms with Crippen LogP contribution in [0.4, 0.5) is 5.69 Å². The number of ketones is 2. The molecule has 0 aromatic heterocycles. The second kappa shape index (κ2) is 6.93. The SMILES string of the molecule is CC(=O)C(=CNc1cc(Cl)c(Cl)c(C(=O)O)c1Cl)C(C)=O. The number of carbonyl (C=O) groups excluding carboxylic acids is 2. The molecule has 5 nitrogen and oxygen atoms in total. The van der Waals surface area contributed by atoms with E-state index in [9.17, 15) is 14.4 Å². The molecule has 21 heavy (non-hydrogen) atoms. The second-order valence-corrected chi connectivity index (χ2v) is 5.19. The number of hydrogen-bond donors (Lipinski definition) is 2. The van der Waals surface area contributed by atoms with Crippen LogP contribution in [0.25, 0.3) is 0 Å². The molecule has 0 aliphatic rings. The van der Waals surface area contributed by atoms with E-state index in [0.29, 0.717) is 0 Å². The van der Waals surface area contributed by atoms with Gasteiger partial charge in [0.05, 0.1) is 26.3 Å². The molecule has 1 aromatic carbocycles. The van der Waals surface area contributed by atoms with Gasteiger partial charge in [0, 0.05) is 6.20 Å². The Morgan fingerprint density at radius 3 is 2.05 bits per heavy atom. The normalized spacial score (nSPS) is 9.95. The van der Waals surface area contributed by atoms with Crippen molar-refractivity contribution in [2.24, 2.45) is 0 Å². The highest BCUT2D eigenvalue weighted by Crippen LogP contribution is 2.37. The van der Waals surface area contributed by atoms with Crippen molar-refractivity contribution in [1.82, 2.24) is 0 Å². The molecule has 0 atom stereocenters. The van der Waals surface area contributed by atoms with Crippen LogP contribution in [0.1, 0.15) is 24.2 Å². The molecule has 1 aromatic rings. The van der Waals surface area contributed by atoms with Crippen molar-refractivity contribution in [2.45, 2.75) is 13.8 Å². The Bertz CT molecular complexity index is 652. The van der Waals surface area contributed by atoms with Gasteiger partial charge in [-0.15, -0.1) is 0 Å². The number of anilines is 1. The molecule has 112 valence electrons. The minimum absolute atomic E-state index is 0.0263. The number of Topliss-reactive ketones (excluding diaryl/α,β-unsaturated/α-hetero) is 2. The van der Waals surface area contributed by atoms with E-state index in [1.54, 1.807) is 0 Å². The summed E-state index contributed by atoms with van der Waals surface area (Å²) in [7, 11) is 0. The largest absolute Gasteiger partial charge is 0.478 e. The van der Waals surface area contributed by atoms with Crippen molar-refractivity contribution in [1.29, 1.82) is 0 Å². The van der Waals surface area contributed by atoms with Gasteiger partial charge in [-0.3, -0.25) is 9.59 Å². The lowest BCUT2D eigenvalue weighted by molar-refractivity contribution is -0.119. The molecule has 2 N–H and O–H groups in total. The maximum Gasteiger partial charge on any atom is 0.338 e. The summed E-state index contributed by atoms with van der Waals surface area (Å²) in [5.74, 6) is -2.23. The van der Waals surface area contributed by atoms with Gasteiger partial charge in [-0.2, -0.15) is 0 Å². The summed E-state index contributed by atoms with van der Waals surface area (Å²) in [4.78, 5) is 33.7. The van der Waals surface area contributed by atoms with Gasteiger partial charge in [-0.05, 0) is 19.9 Å². The molecule has 0 fully saturated rings. The maximum absolute atomic E-state index is 11.3. The number of benzene rings is 1. The Morgan fingerprint density at radius 2 is 1.62 bits per heavy atom. The van der Waals surface area contributed by atoms with Gasteiger partial charge >= 0.3 is 5.97 Å². The van der Waals surface area contributed by atoms with Gasteiger partial charge in [0.15, 0.2) is 11.6 Å². The third-order valence-electron chi connectivity index (χ3n) is 2.50. The Balaban J connectivity index is 3.34. The Labute approximate surface area is 135 Å². The van der Waals surface area contributed by atoms with Gasteiger partial charge in [0.1, 0.15) is 5.56 Å². The fourth-order valence-electron chi connectivity index (χ4n) is 1.50. The van der Waals surface area contributed by atoms with Crippen molar-refractivity contribution in [3.63, 3.8) is 0 Å². The van der Waals surface area contributed by atoms with Crippen molar-refractivity contribution < 1.29 is 19.5 Å². The predicted octanol–water partition coefficient (Wildman–Crippen LogP) is 3.82. The number of allylic oxidation sites excluding steroid dienone is 1. The van der Waals surface area contributed by atoms with Crippen molar-refractivity contribution >= 4 is 58.0 Å². The molecule has 0 radical (unpaired) electrons. The smallest absolute Gasteiger partial charge is 0.338 e. The van der Waals surface area contributed by atoms with Crippen molar-refractivity contribution in [3.8, 4) is 0 Å². The van der Waals surface area contributed by atoms with E-state index in [-0.39, 0.29) is 31.9 Å². The van der Waals surface area contributed by atoms with Gasteiger partial charge < -0.3 is 10.4 Å². The highest BCUT2D eigenvalue weighted by Gasteiger charge is 2.20. The molecule has 0 heterocycles. The topological polar surface area (TPSA) is 83.5 Å². The van der Waals surface area contributed by atoms with E-state index < -0.39 is 17.5 Å². The van der Waals surface area contributed by atoms with Gasteiger partial charge in [0.25, 0.3) is 0 Å². The molecule has 0 amide bonds. The summed E-state index contributed by atoms with van der Waals surface area (Å²) < 4.78 is 0. The van der Waals surface area contributed by atoms with Crippen LogP contribution in [0.5, 0.6) is 0 Å². The minimum Gasteiger partial charge on any atom is -0.478 e. The molecule has 0 saturated carbocycles. The summed E-state index contributed by atoms with van der Waals surface area (Å²) in [5.41, 5.74) is -0.341. The first kappa shape index (κ1) is 17.5. The first-order valence-corrected chi connectivity index (χ1v) is 6.69. The quantitative estimate of drug-likeness (QED) is 0.365. The van der Waals surface area contributed by atoms with Crippen LogP contribution in [0, 0.1) is 0 Å². The third kappa shape index (κ3) is 3.97. The minimum atomic E-state index is -1.35. The van der Waals surface area contributed by atoms with Crippen LogP contribution in [0.3, 0.4) is 0 Å². The van der Waals surface area contributed by atoms with Crippen LogP contribution in [-0.4, -0.2) is 22.6 Å². The second-order valence-electron chi connectivity index (χ2n) is 4.03. The molecule has 0 aliphatic carbocycles. The van der Waals surface area contributed by atoms with E-state index in [1.165, 1.54) is 19.9 Å². The first-order valence-electron chi connectivity index (χ1n) is 5.56. The Kier molecular flexibility index (Phi) is 5.78. The molecule has 0 saturated heterocycles. The highest BCUT2D eigenvalue weighted by atomic mass is 35.5. The summed E-state index contributed by atoms with van der Waals surface area (Å²) in [6, 6.07) is 1.30. The fourth-order valence-corrected chi connectivity index (χ4v) is 2.26. The Morgan fingerprint density at radius 1 is 1.10 bits per heavy atom. The lowest BCUT2D eigenvalue weighted by atomic mass is 10.1. The van der Waals surface area contributed by atoms with Gasteiger partial charge in [-0.1, -0.05) is 34.8 Å². The lowest BCUT2D eigenvalue weighted by Crippen LogP contribution is -2.09. The number of carboxylic acid groups (broad SMARTS) is 1. The number of carboxylic acids is 1. The molecule has 0 spiro atoms. The molecule has 0 bridgehead atoms. The van der Waals surface area contributed by atoms with E-state index in [2.05, 4.69) is 5.32 Å². The van der Waals surface area contributed by atoms with Crippen LogP contribution >= 0.6 is 34.8 Å². The van der Waals surface area contributed by atoms with Crippen molar-refractivity contribution in [3.05, 3.63) is 38.5 Å². The average molecular weight is 351 g/mol. The predicted molar refractivity (Wildman–Crippen MR) is 81.5 cm³/mol. The number of carbonyl (C=O) groups is 3. The van der Waals surface area contributed by atoms with E-state index in [4.69, 9.17) is 39.9 Å². The average Bonchev–Trinajstić information content (AvgIpc) is 2.34. The zero-order chi connectivity index (χ0) is 16.3. The summed E-state index contributed by atoms with van der Waals surface area (Å²) in [6.07, 6.45) is 1.14. The molecular weight excluding hydrogens is 341 g/mol. The standard InChI is InChI=1S/C13H10Cl3NO4/c1-5(18)7(6(2)19)4-17-9-3-8(14)11(15)10(12(9)16)13(20)21/h3-4,17H,1-2H3,(H,20,21). The van der Waals surface area contributed by atoms with Gasteiger partial charge in [-0.25, -0.2) is 4.79 Å². The number of hydrogen-bond acceptors (Lipinski definition) is 4. The van der Waals surface area contributed by atoms with E-state index >= 15 is 0 Å². The molecular formula is C13H10Cl3NO4. The van der Waals surface area contributed by atoms with Crippen LogP contribution in [0.2, 0.25) is 15.1 Å². The molecule has 8 heteroatoms. The maximum atomic E-state index is 11.3. The molecule has 0 unspecified atom stereocenters. The summed E-state index contributed by atoms with van der Waals surface area (Å²) in [5, 5.41) is 11.3. The summed E-state index contributed by atoms with van der Waals surface area (Å²) in [6.45, 7) is 2.46. The highest BCUT2D eigenvalue weighted by molar-refractivity contribution is 6.47. The fraction of sp³-hybridized carbons (Fsp3) is 0.154. The van der Waals surface area contributed by atoms with Crippen LogP contribution in [-0.2, 0) is 9.59 Å². The lowest BCUT2D eigenvalue weighted by Gasteiger charge is -2.11. The number of nitrogens with one attached hydrogen (secondary N) is 1. The molecule has 1 rings (SSSR count). The third-order valence-corrected chi connectivity index (χ3v) is 3.68.